The molecular weight excluding hydrogens is 377 g/mol. The molecule has 2 N–H and O–H groups in total. The summed E-state index contributed by atoms with van der Waals surface area (Å²) in [5.74, 6) is -0.919. The largest absolute Gasteiger partial charge is 0.442 e. The van der Waals surface area contributed by atoms with Crippen molar-refractivity contribution in [2.75, 3.05) is 0 Å². The second kappa shape index (κ2) is 6.16. The molecule has 0 saturated carbocycles. The van der Waals surface area contributed by atoms with Crippen molar-refractivity contribution >= 4 is 21.8 Å². The standard InChI is InChI=1S/C15H16BrF3N2O2/c1-9(2)7-10-8-14(23,15(17,18)19)21(20-10)13(22)11-5-3-4-6-12(11)16/h3-6,8-9,20,23H,7H2,1-2H3/t14-/m0/s1. The van der Waals surface area contributed by atoms with E-state index in [1.165, 1.54) is 12.1 Å². The van der Waals surface area contributed by atoms with Crippen LogP contribution in [0.25, 0.3) is 0 Å². The summed E-state index contributed by atoms with van der Waals surface area (Å²) in [5.41, 5.74) is -0.818. The van der Waals surface area contributed by atoms with E-state index in [1.54, 1.807) is 12.1 Å². The number of alkyl halides is 3. The van der Waals surface area contributed by atoms with Gasteiger partial charge >= 0.3 is 6.18 Å². The van der Waals surface area contributed by atoms with E-state index in [9.17, 15) is 23.1 Å². The summed E-state index contributed by atoms with van der Waals surface area (Å²) in [4.78, 5) is 12.5. The normalized spacial score (nSPS) is 21.4. The Hall–Kier alpha value is -1.54. The van der Waals surface area contributed by atoms with E-state index in [0.29, 0.717) is 10.5 Å². The molecule has 1 atom stereocenters. The molecule has 4 nitrogen and oxygen atoms in total. The van der Waals surface area contributed by atoms with Crippen molar-refractivity contribution in [2.45, 2.75) is 32.2 Å². The summed E-state index contributed by atoms with van der Waals surface area (Å²) in [5, 5.41) is 10.3. The van der Waals surface area contributed by atoms with Crippen LogP contribution in [-0.4, -0.2) is 27.9 Å². The fourth-order valence-electron chi connectivity index (χ4n) is 2.28. The Morgan fingerprint density at radius 1 is 1.39 bits per heavy atom. The second-order valence-corrected chi connectivity index (χ2v) is 6.58. The number of nitrogens with one attached hydrogen (secondary N) is 1. The first-order chi connectivity index (χ1) is 10.6. The molecule has 1 aromatic carbocycles. The number of hydrogen-bond donors (Lipinski definition) is 2. The van der Waals surface area contributed by atoms with Gasteiger partial charge in [0.1, 0.15) is 0 Å². The SMILES string of the molecule is CC(C)CC1=C[C@](O)(C(F)(F)F)N(C(=O)c2ccccc2Br)N1. The number of nitrogens with zero attached hydrogens (tertiary/aromatic N) is 1. The summed E-state index contributed by atoms with van der Waals surface area (Å²) in [6.45, 7) is 3.65. The minimum absolute atomic E-state index is 0.0156. The quantitative estimate of drug-likeness (QED) is 0.826. The number of rotatable bonds is 3. The predicted molar refractivity (Wildman–Crippen MR) is 82.0 cm³/mol. The van der Waals surface area contributed by atoms with Crippen molar-refractivity contribution in [3.8, 4) is 0 Å². The fourth-order valence-corrected chi connectivity index (χ4v) is 2.74. The molecular formula is C15H16BrF3N2O2. The predicted octanol–water partition coefficient (Wildman–Crippen LogP) is 3.59. The van der Waals surface area contributed by atoms with Crippen LogP contribution in [0, 0.1) is 5.92 Å². The second-order valence-electron chi connectivity index (χ2n) is 5.72. The first kappa shape index (κ1) is 17.8. The molecule has 1 heterocycles. The van der Waals surface area contributed by atoms with Gasteiger partial charge in [-0.3, -0.25) is 10.2 Å². The smallest absolute Gasteiger partial charge is 0.359 e. The summed E-state index contributed by atoms with van der Waals surface area (Å²) < 4.78 is 40.4. The fraction of sp³-hybridized carbons (Fsp3) is 0.400. The summed E-state index contributed by atoms with van der Waals surface area (Å²) >= 11 is 3.13. The van der Waals surface area contributed by atoms with Crippen LogP contribution in [0.15, 0.2) is 40.5 Å². The zero-order valence-corrected chi connectivity index (χ0v) is 14.1. The van der Waals surface area contributed by atoms with Crippen molar-refractivity contribution in [3.63, 3.8) is 0 Å². The molecule has 1 aliphatic heterocycles. The summed E-state index contributed by atoms with van der Waals surface area (Å²) in [7, 11) is 0. The van der Waals surface area contributed by atoms with Gasteiger partial charge in [0.15, 0.2) is 0 Å². The third kappa shape index (κ3) is 3.37. The third-order valence-electron chi connectivity index (χ3n) is 3.32. The average Bonchev–Trinajstić information content (AvgIpc) is 2.75. The Kier molecular flexibility index (Phi) is 4.77. The lowest BCUT2D eigenvalue weighted by molar-refractivity contribution is -0.283. The lowest BCUT2D eigenvalue weighted by atomic mass is 10.1. The maximum Gasteiger partial charge on any atom is 0.442 e. The molecule has 126 valence electrons. The topological polar surface area (TPSA) is 52.6 Å². The molecule has 8 heteroatoms. The third-order valence-corrected chi connectivity index (χ3v) is 4.02. The lowest BCUT2D eigenvalue weighted by Gasteiger charge is -2.34. The van der Waals surface area contributed by atoms with Gasteiger partial charge in [-0.2, -0.15) is 13.2 Å². The molecule has 0 radical (unpaired) electrons. The molecule has 23 heavy (non-hydrogen) atoms. The highest BCUT2D eigenvalue weighted by atomic mass is 79.9. The maximum absolute atomic E-state index is 13.3. The van der Waals surface area contributed by atoms with Gasteiger partial charge in [-0.25, -0.2) is 5.01 Å². The molecule has 0 fully saturated rings. The highest BCUT2D eigenvalue weighted by Crippen LogP contribution is 2.39. The molecule has 0 unspecified atom stereocenters. The molecule has 2 rings (SSSR count). The van der Waals surface area contributed by atoms with Gasteiger partial charge in [-0.15, -0.1) is 0 Å². The van der Waals surface area contributed by atoms with Crippen LogP contribution in [0.4, 0.5) is 13.2 Å². The average molecular weight is 393 g/mol. The van der Waals surface area contributed by atoms with Gasteiger partial charge in [0.2, 0.25) is 0 Å². The van der Waals surface area contributed by atoms with Gasteiger partial charge in [-0.1, -0.05) is 26.0 Å². The van der Waals surface area contributed by atoms with Crippen LogP contribution in [0.1, 0.15) is 30.6 Å². The van der Waals surface area contributed by atoms with E-state index in [2.05, 4.69) is 21.4 Å². The van der Waals surface area contributed by atoms with E-state index in [0.717, 1.165) is 0 Å². The van der Waals surface area contributed by atoms with Crippen molar-refractivity contribution in [1.82, 2.24) is 10.4 Å². The zero-order valence-electron chi connectivity index (χ0n) is 12.5. The van der Waals surface area contributed by atoms with Crippen molar-refractivity contribution in [3.05, 3.63) is 46.1 Å². The zero-order chi connectivity index (χ0) is 17.4. The molecule has 0 saturated heterocycles. The Morgan fingerprint density at radius 2 is 2.00 bits per heavy atom. The Labute approximate surface area is 140 Å². The van der Waals surface area contributed by atoms with Crippen LogP contribution in [0.3, 0.4) is 0 Å². The van der Waals surface area contributed by atoms with Gasteiger partial charge < -0.3 is 5.11 Å². The molecule has 1 amide bonds. The highest BCUT2D eigenvalue weighted by Gasteiger charge is 2.61. The van der Waals surface area contributed by atoms with Gasteiger partial charge in [0.05, 0.1) is 5.56 Å². The van der Waals surface area contributed by atoms with Crippen LogP contribution >= 0.6 is 15.9 Å². The van der Waals surface area contributed by atoms with Gasteiger partial charge in [-0.05, 0) is 46.5 Å². The van der Waals surface area contributed by atoms with E-state index < -0.39 is 17.8 Å². The minimum Gasteiger partial charge on any atom is -0.359 e. The Bertz CT molecular complexity index is 646. The Balaban J connectivity index is 2.41. The van der Waals surface area contributed by atoms with Gasteiger partial charge in [0.25, 0.3) is 11.6 Å². The molecule has 0 spiro atoms. The maximum atomic E-state index is 13.3. The molecule has 0 bridgehead atoms. The number of aliphatic hydroxyl groups is 1. The summed E-state index contributed by atoms with van der Waals surface area (Å²) in [6.07, 6.45) is -4.10. The molecule has 0 aliphatic carbocycles. The van der Waals surface area contributed by atoms with Crippen LogP contribution in [0.5, 0.6) is 0 Å². The van der Waals surface area contributed by atoms with Crippen molar-refractivity contribution < 1.29 is 23.1 Å². The van der Waals surface area contributed by atoms with Crippen LogP contribution in [0.2, 0.25) is 0 Å². The molecule has 1 aliphatic rings. The number of hydrogen-bond acceptors (Lipinski definition) is 3. The van der Waals surface area contributed by atoms with E-state index in [-0.39, 0.29) is 28.6 Å². The number of benzene rings is 1. The number of carbonyl (C=O) groups excluding carboxylic acids is 1. The lowest BCUT2D eigenvalue weighted by Crippen LogP contribution is -2.60. The summed E-state index contributed by atoms with van der Waals surface area (Å²) in [6, 6.07) is 6.09. The monoisotopic (exact) mass is 392 g/mol. The van der Waals surface area contributed by atoms with Gasteiger partial charge in [0, 0.05) is 10.2 Å². The first-order valence-corrected chi connectivity index (χ1v) is 7.72. The van der Waals surface area contributed by atoms with Crippen LogP contribution in [-0.2, 0) is 0 Å². The minimum atomic E-state index is -5.03. The number of allylic oxidation sites excluding steroid dienone is 1. The van der Waals surface area contributed by atoms with Crippen molar-refractivity contribution in [2.24, 2.45) is 5.92 Å². The number of hydrazine groups is 1. The first-order valence-electron chi connectivity index (χ1n) is 6.93. The number of carbonyl (C=O) groups is 1. The highest BCUT2D eigenvalue weighted by molar-refractivity contribution is 9.10. The Morgan fingerprint density at radius 3 is 2.52 bits per heavy atom. The van der Waals surface area contributed by atoms with E-state index in [4.69, 9.17) is 0 Å². The number of halogens is 4. The molecule has 0 aromatic heterocycles. The number of amides is 1. The molecule has 1 aromatic rings. The van der Waals surface area contributed by atoms with E-state index >= 15 is 0 Å². The van der Waals surface area contributed by atoms with Crippen LogP contribution < -0.4 is 5.43 Å². The van der Waals surface area contributed by atoms with Crippen molar-refractivity contribution in [1.29, 1.82) is 0 Å². The van der Waals surface area contributed by atoms with E-state index in [1.807, 2.05) is 13.8 Å².